The lowest BCUT2D eigenvalue weighted by Gasteiger charge is -2.20. The first-order valence-electron chi connectivity index (χ1n) is 5.45. The molecule has 0 radical (unpaired) electrons. The highest BCUT2D eigenvalue weighted by molar-refractivity contribution is 5.72. The standard InChI is InChI=1S/C11H21NO5/c1-11(2,3)17-10(15)12-7-8(9(13)14)5-6-16-4/h8H,5-7H2,1-4H3,(H,12,15)(H,13,14). The zero-order valence-corrected chi connectivity index (χ0v) is 10.8. The number of carbonyl (C=O) groups is 2. The first-order chi connectivity index (χ1) is 7.76. The monoisotopic (exact) mass is 247 g/mol. The second kappa shape index (κ2) is 7.11. The van der Waals surface area contributed by atoms with Crippen molar-refractivity contribution in [2.24, 2.45) is 5.92 Å². The number of carbonyl (C=O) groups excluding carboxylic acids is 1. The van der Waals surface area contributed by atoms with E-state index in [2.05, 4.69) is 5.32 Å². The zero-order chi connectivity index (χ0) is 13.5. The van der Waals surface area contributed by atoms with Crippen LogP contribution in [0.25, 0.3) is 0 Å². The Morgan fingerprint density at radius 3 is 2.35 bits per heavy atom. The Morgan fingerprint density at radius 1 is 1.35 bits per heavy atom. The normalized spacial score (nSPS) is 12.9. The summed E-state index contributed by atoms with van der Waals surface area (Å²) in [7, 11) is 1.50. The molecule has 0 aromatic rings. The van der Waals surface area contributed by atoms with Crippen molar-refractivity contribution < 1.29 is 24.2 Å². The van der Waals surface area contributed by atoms with Gasteiger partial charge in [0.05, 0.1) is 5.92 Å². The Kier molecular flexibility index (Phi) is 6.57. The lowest BCUT2D eigenvalue weighted by molar-refractivity contribution is -0.142. The Hall–Kier alpha value is -1.30. The second-order valence-electron chi connectivity index (χ2n) is 4.70. The number of carboxylic acids is 1. The molecule has 0 aliphatic carbocycles. The number of hydrogen-bond acceptors (Lipinski definition) is 4. The summed E-state index contributed by atoms with van der Waals surface area (Å²) < 4.78 is 9.80. The number of alkyl carbamates (subject to hydrolysis) is 1. The minimum atomic E-state index is -0.960. The molecule has 0 rings (SSSR count). The number of hydrogen-bond donors (Lipinski definition) is 2. The molecule has 1 unspecified atom stereocenters. The summed E-state index contributed by atoms with van der Waals surface area (Å²) >= 11 is 0. The van der Waals surface area contributed by atoms with Crippen LogP contribution >= 0.6 is 0 Å². The van der Waals surface area contributed by atoms with Gasteiger partial charge in [0.2, 0.25) is 0 Å². The molecule has 0 spiro atoms. The summed E-state index contributed by atoms with van der Waals surface area (Å²) in [6.07, 6.45) is -0.261. The molecule has 1 atom stereocenters. The minimum absolute atomic E-state index is 0.0353. The molecule has 0 saturated heterocycles. The maximum absolute atomic E-state index is 11.3. The van der Waals surface area contributed by atoms with Gasteiger partial charge in [-0.25, -0.2) is 4.79 Å². The summed E-state index contributed by atoms with van der Waals surface area (Å²) in [5.74, 6) is -1.62. The lowest BCUT2D eigenvalue weighted by atomic mass is 10.1. The van der Waals surface area contributed by atoms with Crippen molar-refractivity contribution >= 4 is 12.1 Å². The molecule has 17 heavy (non-hydrogen) atoms. The van der Waals surface area contributed by atoms with Crippen molar-refractivity contribution in [1.29, 1.82) is 0 Å². The van der Waals surface area contributed by atoms with E-state index in [0.717, 1.165) is 0 Å². The van der Waals surface area contributed by atoms with E-state index in [1.165, 1.54) is 7.11 Å². The highest BCUT2D eigenvalue weighted by atomic mass is 16.6. The maximum atomic E-state index is 11.3. The van der Waals surface area contributed by atoms with Gasteiger partial charge in [0.15, 0.2) is 0 Å². The number of ether oxygens (including phenoxy) is 2. The van der Waals surface area contributed by atoms with Crippen LogP contribution in [0, 0.1) is 5.92 Å². The lowest BCUT2D eigenvalue weighted by Crippen LogP contribution is -2.37. The van der Waals surface area contributed by atoms with Gasteiger partial charge in [0.1, 0.15) is 5.60 Å². The summed E-state index contributed by atoms with van der Waals surface area (Å²) in [5.41, 5.74) is -0.588. The molecule has 6 heteroatoms. The molecule has 6 nitrogen and oxygen atoms in total. The van der Waals surface area contributed by atoms with Crippen molar-refractivity contribution in [2.75, 3.05) is 20.3 Å². The van der Waals surface area contributed by atoms with E-state index in [-0.39, 0.29) is 6.54 Å². The topological polar surface area (TPSA) is 84.9 Å². The van der Waals surface area contributed by atoms with Gasteiger partial charge < -0.3 is 19.9 Å². The number of methoxy groups -OCH3 is 1. The zero-order valence-electron chi connectivity index (χ0n) is 10.8. The molecule has 0 fully saturated rings. The van der Waals surface area contributed by atoms with Gasteiger partial charge in [0.25, 0.3) is 0 Å². The SMILES string of the molecule is COCCC(CNC(=O)OC(C)(C)C)C(=O)O. The van der Waals surface area contributed by atoms with E-state index in [0.29, 0.717) is 13.0 Å². The van der Waals surface area contributed by atoms with E-state index < -0.39 is 23.6 Å². The molecular weight excluding hydrogens is 226 g/mol. The summed E-state index contributed by atoms with van der Waals surface area (Å²) in [6, 6.07) is 0. The number of carboxylic acid groups (broad SMARTS) is 1. The average Bonchev–Trinajstić information content (AvgIpc) is 2.14. The Bertz CT molecular complexity index is 259. The summed E-state index contributed by atoms with van der Waals surface area (Å²) in [5, 5.41) is 11.3. The molecular formula is C11H21NO5. The molecule has 0 aliphatic rings. The molecule has 0 saturated carbocycles. The second-order valence-corrected chi connectivity index (χ2v) is 4.70. The van der Waals surface area contributed by atoms with Crippen LogP contribution in [0.15, 0.2) is 0 Å². The molecule has 0 aromatic carbocycles. The number of nitrogens with one attached hydrogen (secondary N) is 1. The quantitative estimate of drug-likeness (QED) is 0.737. The first kappa shape index (κ1) is 15.7. The fourth-order valence-electron chi connectivity index (χ4n) is 1.09. The van der Waals surface area contributed by atoms with Crippen LogP contribution in [0.2, 0.25) is 0 Å². The van der Waals surface area contributed by atoms with Gasteiger partial charge in [-0.2, -0.15) is 0 Å². The predicted molar refractivity (Wildman–Crippen MR) is 61.9 cm³/mol. The van der Waals surface area contributed by atoms with E-state index in [9.17, 15) is 9.59 Å². The molecule has 0 aliphatic heterocycles. The predicted octanol–water partition coefficient (Wildman–Crippen LogP) is 1.25. The average molecular weight is 247 g/mol. The number of amides is 1. The first-order valence-corrected chi connectivity index (χ1v) is 5.45. The molecule has 1 amide bonds. The van der Waals surface area contributed by atoms with Gasteiger partial charge in [0, 0.05) is 20.3 Å². The third kappa shape index (κ3) is 8.50. The van der Waals surface area contributed by atoms with E-state index >= 15 is 0 Å². The van der Waals surface area contributed by atoms with Crippen LogP contribution < -0.4 is 5.32 Å². The number of rotatable bonds is 6. The smallest absolute Gasteiger partial charge is 0.407 e. The number of aliphatic carboxylic acids is 1. The van der Waals surface area contributed by atoms with Crippen molar-refractivity contribution in [3.05, 3.63) is 0 Å². The maximum Gasteiger partial charge on any atom is 0.407 e. The summed E-state index contributed by atoms with van der Waals surface area (Å²) in [4.78, 5) is 22.2. The molecule has 0 heterocycles. The van der Waals surface area contributed by atoms with Gasteiger partial charge in [-0.1, -0.05) is 0 Å². The van der Waals surface area contributed by atoms with E-state index in [4.69, 9.17) is 14.6 Å². The van der Waals surface area contributed by atoms with Crippen LogP contribution in [-0.2, 0) is 14.3 Å². The van der Waals surface area contributed by atoms with E-state index in [1.807, 2.05) is 0 Å². The highest BCUT2D eigenvalue weighted by Crippen LogP contribution is 2.07. The van der Waals surface area contributed by atoms with Crippen LogP contribution in [0.5, 0.6) is 0 Å². The Morgan fingerprint density at radius 2 is 1.94 bits per heavy atom. The fraction of sp³-hybridized carbons (Fsp3) is 0.818. The van der Waals surface area contributed by atoms with Crippen LogP contribution in [0.4, 0.5) is 4.79 Å². The van der Waals surface area contributed by atoms with Crippen molar-refractivity contribution in [1.82, 2.24) is 5.32 Å². The van der Waals surface area contributed by atoms with Crippen molar-refractivity contribution in [2.45, 2.75) is 32.8 Å². The minimum Gasteiger partial charge on any atom is -0.481 e. The molecule has 0 bridgehead atoms. The molecule has 2 N–H and O–H groups in total. The third-order valence-corrected chi connectivity index (χ3v) is 1.91. The van der Waals surface area contributed by atoms with Gasteiger partial charge in [-0.05, 0) is 27.2 Å². The van der Waals surface area contributed by atoms with Crippen LogP contribution in [0.3, 0.4) is 0 Å². The Labute approximate surface area is 101 Å². The van der Waals surface area contributed by atoms with Crippen molar-refractivity contribution in [3.63, 3.8) is 0 Å². The highest BCUT2D eigenvalue weighted by Gasteiger charge is 2.20. The van der Waals surface area contributed by atoms with Gasteiger partial charge in [-0.15, -0.1) is 0 Å². The fourth-order valence-corrected chi connectivity index (χ4v) is 1.09. The van der Waals surface area contributed by atoms with Crippen LogP contribution in [0.1, 0.15) is 27.2 Å². The van der Waals surface area contributed by atoms with Gasteiger partial charge >= 0.3 is 12.1 Å². The third-order valence-electron chi connectivity index (χ3n) is 1.91. The van der Waals surface area contributed by atoms with Gasteiger partial charge in [-0.3, -0.25) is 4.79 Å². The Balaban J connectivity index is 4.04. The molecule has 100 valence electrons. The van der Waals surface area contributed by atoms with E-state index in [1.54, 1.807) is 20.8 Å². The van der Waals surface area contributed by atoms with Crippen LogP contribution in [-0.4, -0.2) is 43.0 Å². The molecule has 0 aromatic heterocycles. The van der Waals surface area contributed by atoms with Crippen molar-refractivity contribution in [3.8, 4) is 0 Å². The largest absolute Gasteiger partial charge is 0.481 e. The summed E-state index contributed by atoms with van der Waals surface area (Å²) in [6.45, 7) is 5.60.